The van der Waals surface area contributed by atoms with Gasteiger partial charge in [0, 0.05) is 11.8 Å². The van der Waals surface area contributed by atoms with Gasteiger partial charge >= 0.3 is 0 Å². The topological polar surface area (TPSA) is 61.0 Å². The Labute approximate surface area is 112 Å². The van der Waals surface area contributed by atoms with Crippen molar-refractivity contribution in [1.29, 1.82) is 0 Å². The fourth-order valence-corrected chi connectivity index (χ4v) is 1.82. The smallest absolute Gasteiger partial charge is 0.239 e. The first-order chi connectivity index (χ1) is 8.06. The number of benzene rings is 1. The van der Waals surface area contributed by atoms with Crippen molar-refractivity contribution in [2.45, 2.75) is 0 Å². The van der Waals surface area contributed by atoms with Crippen molar-refractivity contribution in [3.8, 4) is 11.6 Å². The van der Waals surface area contributed by atoms with Gasteiger partial charge in [-0.3, -0.25) is 0 Å². The van der Waals surface area contributed by atoms with Gasteiger partial charge in [-0.1, -0.05) is 34.8 Å². The van der Waals surface area contributed by atoms with E-state index in [0.29, 0.717) is 15.7 Å². The van der Waals surface area contributed by atoms with E-state index in [4.69, 9.17) is 45.3 Å². The molecule has 2 aromatic rings. The third kappa shape index (κ3) is 2.91. The molecule has 7 heteroatoms. The van der Waals surface area contributed by atoms with Gasteiger partial charge in [0.05, 0.1) is 10.0 Å². The van der Waals surface area contributed by atoms with E-state index in [-0.39, 0.29) is 16.8 Å². The molecule has 0 unspecified atom stereocenters. The minimum absolute atomic E-state index is 0.239. The molecule has 0 aliphatic rings. The Morgan fingerprint density at radius 2 is 1.65 bits per heavy atom. The first-order valence-electron chi connectivity index (χ1n) is 4.48. The number of rotatable bonds is 2. The fraction of sp³-hybridized carbons (Fsp3) is 0. The maximum absolute atomic E-state index is 5.95. The highest BCUT2D eigenvalue weighted by molar-refractivity contribution is 6.37. The zero-order chi connectivity index (χ0) is 12.4. The molecule has 1 heterocycles. The Hall–Kier alpha value is -1.23. The molecular formula is C10H6Cl3N3O. The third-order valence-corrected chi connectivity index (χ3v) is 2.60. The van der Waals surface area contributed by atoms with Crippen molar-refractivity contribution in [2.75, 3.05) is 5.73 Å². The van der Waals surface area contributed by atoms with Crippen LogP contribution in [0.15, 0.2) is 24.3 Å². The molecule has 0 aliphatic heterocycles. The van der Waals surface area contributed by atoms with E-state index < -0.39 is 0 Å². The van der Waals surface area contributed by atoms with Gasteiger partial charge in [-0.05, 0) is 18.2 Å². The lowest BCUT2D eigenvalue weighted by atomic mass is 10.3. The van der Waals surface area contributed by atoms with E-state index in [0.717, 1.165) is 0 Å². The van der Waals surface area contributed by atoms with Crippen LogP contribution in [0.25, 0.3) is 0 Å². The second-order valence-corrected chi connectivity index (χ2v) is 4.31. The van der Waals surface area contributed by atoms with E-state index in [1.54, 1.807) is 12.1 Å². The Kier molecular flexibility index (Phi) is 3.57. The van der Waals surface area contributed by atoms with Gasteiger partial charge in [-0.15, -0.1) is 10.2 Å². The molecule has 4 nitrogen and oxygen atoms in total. The molecule has 1 aromatic heterocycles. The molecule has 0 aliphatic carbocycles. The maximum atomic E-state index is 5.95. The van der Waals surface area contributed by atoms with Gasteiger partial charge in [0.15, 0.2) is 10.9 Å². The monoisotopic (exact) mass is 289 g/mol. The molecule has 1 aromatic carbocycles. The lowest BCUT2D eigenvalue weighted by Gasteiger charge is -2.08. The summed E-state index contributed by atoms with van der Waals surface area (Å²) in [6.45, 7) is 0. The number of hydrogen-bond donors (Lipinski definition) is 1. The van der Waals surface area contributed by atoms with Crippen LogP contribution in [0.4, 0.5) is 5.69 Å². The molecule has 17 heavy (non-hydrogen) atoms. The third-order valence-electron chi connectivity index (χ3n) is 1.83. The molecule has 0 spiro atoms. The van der Waals surface area contributed by atoms with Crippen LogP contribution < -0.4 is 10.5 Å². The van der Waals surface area contributed by atoms with Gasteiger partial charge < -0.3 is 10.5 Å². The number of anilines is 1. The number of hydrogen-bond acceptors (Lipinski definition) is 4. The summed E-state index contributed by atoms with van der Waals surface area (Å²) < 4.78 is 5.40. The predicted octanol–water partition coefficient (Wildman–Crippen LogP) is 3.81. The number of nitrogen functional groups attached to an aromatic ring is 1. The molecule has 2 rings (SSSR count). The van der Waals surface area contributed by atoms with Gasteiger partial charge in [0.25, 0.3) is 0 Å². The highest BCUT2D eigenvalue weighted by Crippen LogP contribution is 2.37. The molecule has 88 valence electrons. The van der Waals surface area contributed by atoms with Crippen LogP contribution in [0.3, 0.4) is 0 Å². The number of nitrogens with zero attached hydrogens (tertiary/aromatic N) is 2. The summed E-state index contributed by atoms with van der Waals surface area (Å²) >= 11 is 17.5. The van der Waals surface area contributed by atoms with Gasteiger partial charge in [0.1, 0.15) is 0 Å². The van der Waals surface area contributed by atoms with Crippen LogP contribution >= 0.6 is 34.8 Å². The van der Waals surface area contributed by atoms with Crippen molar-refractivity contribution in [3.05, 3.63) is 39.5 Å². The zero-order valence-electron chi connectivity index (χ0n) is 8.32. The highest BCUT2D eigenvalue weighted by Gasteiger charge is 2.10. The fourth-order valence-electron chi connectivity index (χ4n) is 1.14. The molecule has 0 amide bonds. The summed E-state index contributed by atoms with van der Waals surface area (Å²) in [4.78, 5) is 0. The molecule has 0 atom stereocenters. The van der Waals surface area contributed by atoms with Crippen molar-refractivity contribution in [2.24, 2.45) is 0 Å². The van der Waals surface area contributed by atoms with Crippen LogP contribution in [0.1, 0.15) is 0 Å². The van der Waals surface area contributed by atoms with Crippen LogP contribution in [0, 0.1) is 0 Å². The van der Waals surface area contributed by atoms with E-state index in [1.165, 1.54) is 12.1 Å². The summed E-state index contributed by atoms with van der Waals surface area (Å²) in [5, 5.41) is 8.22. The quantitative estimate of drug-likeness (QED) is 0.854. The molecule has 0 fully saturated rings. The van der Waals surface area contributed by atoms with Crippen molar-refractivity contribution < 1.29 is 4.74 Å². The van der Waals surface area contributed by atoms with Gasteiger partial charge in [-0.2, -0.15) is 0 Å². The second kappa shape index (κ2) is 4.96. The van der Waals surface area contributed by atoms with Crippen molar-refractivity contribution in [3.63, 3.8) is 0 Å². The minimum atomic E-state index is 0.239. The van der Waals surface area contributed by atoms with Crippen molar-refractivity contribution in [1.82, 2.24) is 10.2 Å². The SMILES string of the molecule is Nc1cc(Cl)c(Oc2ccc(Cl)nn2)c(Cl)c1. The molecular weight excluding hydrogens is 284 g/mol. The normalized spacial score (nSPS) is 10.3. The molecule has 0 saturated carbocycles. The largest absolute Gasteiger partial charge is 0.434 e. The number of halogens is 3. The maximum Gasteiger partial charge on any atom is 0.239 e. The Bertz CT molecular complexity index is 522. The number of nitrogens with two attached hydrogens (primary N) is 1. The van der Waals surface area contributed by atoms with E-state index in [2.05, 4.69) is 10.2 Å². The Balaban J connectivity index is 2.33. The van der Waals surface area contributed by atoms with E-state index in [1.807, 2.05) is 0 Å². The van der Waals surface area contributed by atoms with Crippen molar-refractivity contribution >= 4 is 40.5 Å². The van der Waals surface area contributed by atoms with Crippen LogP contribution in [-0.2, 0) is 0 Å². The summed E-state index contributed by atoms with van der Waals surface area (Å²) in [7, 11) is 0. The van der Waals surface area contributed by atoms with Crippen LogP contribution in [-0.4, -0.2) is 10.2 Å². The summed E-state index contributed by atoms with van der Waals surface area (Å²) in [6.07, 6.45) is 0. The molecule has 0 bridgehead atoms. The number of aromatic nitrogens is 2. The standard InChI is InChI=1S/C10H6Cl3N3O/c11-6-3-5(14)4-7(12)10(6)17-9-2-1-8(13)15-16-9/h1-4H,14H2. The Morgan fingerprint density at radius 3 is 2.18 bits per heavy atom. The van der Waals surface area contributed by atoms with Gasteiger partial charge in [0.2, 0.25) is 5.88 Å². The highest BCUT2D eigenvalue weighted by atomic mass is 35.5. The molecule has 0 saturated heterocycles. The summed E-state index contributed by atoms with van der Waals surface area (Å²) in [6, 6.07) is 6.17. The van der Waals surface area contributed by atoms with E-state index >= 15 is 0 Å². The van der Waals surface area contributed by atoms with E-state index in [9.17, 15) is 0 Å². The molecule has 2 N–H and O–H groups in total. The first-order valence-corrected chi connectivity index (χ1v) is 5.61. The average Bonchev–Trinajstić information content (AvgIpc) is 2.26. The lowest BCUT2D eigenvalue weighted by Crippen LogP contribution is -1.93. The lowest BCUT2D eigenvalue weighted by molar-refractivity contribution is 0.456. The Morgan fingerprint density at radius 1 is 1.00 bits per heavy atom. The molecule has 0 radical (unpaired) electrons. The summed E-state index contributed by atoms with van der Waals surface area (Å²) in [5.74, 6) is 0.516. The van der Waals surface area contributed by atoms with Crippen LogP contribution in [0.5, 0.6) is 11.6 Å². The van der Waals surface area contributed by atoms with Crippen LogP contribution in [0.2, 0.25) is 15.2 Å². The predicted molar refractivity (Wildman–Crippen MR) is 68.0 cm³/mol. The van der Waals surface area contributed by atoms with Gasteiger partial charge in [-0.25, -0.2) is 0 Å². The first kappa shape index (κ1) is 12.2. The second-order valence-electron chi connectivity index (χ2n) is 3.11. The average molecular weight is 291 g/mol. The zero-order valence-corrected chi connectivity index (χ0v) is 10.6. The summed E-state index contributed by atoms with van der Waals surface area (Å²) in [5.41, 5.74) is 6.03. The minimum Gasteiger partial charge on any atom is -0.434 e. The number of ether oxygens (including phenoxy) is 1.